The summed E-state index contributed by atoms with van der Waals surface area (Å²) in [6.07, 6.45) is -2.10. The molecule has 0 saturated carbocycles. The fourth-order valence-electron chi connectivity index (χ4n) is 3.21. The van der Waals surface area contributed by atoms with E-state index in [0.29, 0.717) is 12.8 Å². The molecule has 0 spiro atoms. The molecule has 32 heavy (non-hydrogen) atoms. The predicted molar refractivity (Wildman–Crippen MR) is 122 cm³/mol. The van der Waals surface area contributed by atoms with Crippen LogP contribution in [0.3, 0.4) is 0 Å². The Labute approximate surface area is 190 Å². The van der Waals surface area contributed by atoms with Crippen LogP contribution in [0.4, 0.5) is 0 Å². The molecular weight excluding hydrogens is 436 g/mol. The van der Waals surface area contributed by atoms with Gasteiger partial charge in [0.1, 0.15) is 28.4 Å². The second kappa shape index (κ2) is 13.8. The van der Waals surface area contributed by atoms with Crippen molar-refractivity contribution in [1.29, 1.82) is 0 Å². The Morgan fingerprint density at radius 3 is 2.25 bits per heavy atom. The molecule has 1 rings (SSSR count). The van der Waals surface area contributed by atoms with Gasteiger partial charge in [-0.1, -0.05) is 43.7 Å². The van der Waals surface area contributed by atoms with Gasteiger partial charge in [0.2, 0.25) is 0 Å². The number of rotatable bonds is 15. The quantitative estimate of drug-likeness (QED) is 0.124. The van der Waals surface area contributed by atoms with Crippen LogP contribution in [0.5, 0.6) is 0 Å². The standard InChI is InChI=1S/C21H36N4O6S/c1-5-9-16(25-20(28)17(22-3)13-32(4,30)31)19(27)21(29)23-12-18(26)24-14(2)15-10-7-6-8-11-15/h3,6-8,10-11,14,16-20,22,24-28H,5,9,12-13H2,1-2,4H3,(H,23,29)/t14-,16?,17?,18-,19?,20+/m1/s1. The Balaban J connectivity index is 2.63. The molecule has 0 heterocycles. The highest BCUT2D eigenvalue weighted by Gasteiger charge is 2.30. The summed E-state index contributed by atoms with van der Waals surface area (Å²) in [6.45, 7) is 3.56. The molecule has 6 atom stereocenters. The van der Waals surface area contributed by atoms with Gasteiger partial charge in [-0.3, -0.25) is 15.4 Å². The summed E-state index contributed by atoms with van der Waals surface area (Å²) in [4.78, 5) is 12.4. The van der Waals surface area contributed by atoms with Gasteiger partial charge in [-0.25, -0.2) is 8.42 Å². The van der Waals surface area contributed by atoms with Crippen LogP contribution in [0, 0.1) is 7.05 Å². The van der Waals surface area contributed by atoms with E-state index in [1.807, 2.05) is 44.2 Å². The topological polar surface area (TPSA) is 160 Å². The lowest BCUT2D eigenvalue weighted by atomic mass is 10.0. The van der Waals surface area contributed by atoms with Gasteiger partial charge in [0.25, 0.3) is 5.91 Å². The van der Waals surface area contributed by atoms with Crippen LogP contribution >= 0.6 is 0 Å². The highest BCUT2D eigenvalue weighted by molar-refractivity contribution is 7.90. The molecule has 11 heteroatoms. The van der Waals surface area contributed by atoms with E-state index < -0.39 is 52.1 Å². The lowest BCUT2D eigenvalue weighted by Gasteiger charge is -2.30. The molecule has 0 aliphatic carbocycles. The summed E-state index contributed by atoms with van der Waals surface area (Å²) < 4.78 is 23.0. The second-order valence-corrected chi connectivity index (χ2v) is 10.1. The lowest BCUT2D eigenvalue weighted by Crippen LogP contribution is -2.58. The van der Waals surface area contributed by atoms with E-state index in [1.165, 1.54) is 0 Å². The van der Waals surface area contributed by atoms with Gasteiger partial charge in [-0.2, -0.15) is 0 Å². The first-order chi connectivity index (χ1) is 15.0. The van der Waals surface area contributed by atoms with Gasteiger partial charge in [0, 0.05) is 25.4 Å². The van der Waals surface area contributed by atoms with Crippen LogP contribution < -0.4 is 21.3 Å². The minimum Gasteiger partial charge on any atom is -0.382 e. The SMILES string of the molecule is [CH]NC(CS(C)(=O)=O)[C@H](O)NC(CCC)C(O)C(=O)NC[C@@H](O)N[C@H](C)c1ccccc1. The molecule has 7 N–H and O–H groups in total. The number of carbonyl (C=O) groups excluding carboxylic acids is 1. The minimum absolute atomic E-state index is 0.143. The van der Waals surface area contributed by atoms with Crippen molar-refractivity contribution in [2.75, 3.05) is 18.6 Å². The van der Waals surface area contributed by atoms with Gasteiger partial charge in [0.05, 0.1) is 18.3 Å². The largest absolute Gasteiger partial charge is 0.382 e. The molecule has 0 bridgehead atoms. The molecule has 0 fully saturated rings. The summed E-state index contributed by atoms with van der Waals surface area (Å²) in [5, 5.41) is 41.3. The van der Waals surface area contributed by atoms with Crippen LogP contribution in [0.2, 0.25) is 0 Å². The third-order valence-electron chi connectivity index (χ3n) is 4.92. The van der Waals surface area contributed by atoms with E-state index in [0.717, 1.165) is 11.8 Å². The summed E-state index contributed by atoms with van der Waals surface area (Å²) in [5.41, 5.74) is 0.969. The molecule has 0 aromatic heterocycles. The maximum absolute atomic E-state index is 12.4. The zero-order chi connectivity index (χ0) is 24.3. The van der Waals surface area contributed by atoms with Crippen molar-refractivity contribution in [3.8, 4) is 0 Å². The number of amides is 1. The number of aliphatic hydroxyl groups excluding tert-OH is 3. The Bertz CT molecular complexity index is 780. The Hall–Kier alpha value is -1.60. The van der Waals surface area contributed by atoms with Crippen molar-refractivity contribution >= 4 is 15.7 Å². The number of sulfone groups is 1. The number of hydrogen-bond acceptors (Lipinski definition) is 9. The van der Waals surface area contributed by atoms with Gasteiger partial charge < -0.3 is 26.0 Å². The van der Waals surface area contributed by atoms with E-state index in [9.17, 15) is 28.5 Å². The van der Waals surface area contributed by atoms with Gasteiger partial charge in [-0.05, 0) is 18.9 Å². The van der Waals surface area contributed by atoms with Gasteiger partial charge in [0.15, 0.2) is 0 Å². The Morgan fingerprint density at radius 2 is 1.72 bits per heavy atom. The third kappa shape index (κ3) is 10.3. The molecule has 1 amide bonds. The van der Waals surface area contributed by atoms with Crippen molar-refractivity contribution < 1.29 is 28.5 Å². The Morgan fingerprint density at radius 1 is 1.09 bits per heavy atom. The smallest absolute Gasteiger partial charge is 0.250 e. The van der Waals surface area contributed by atoms with Crippen molar-refractivity contribution in [3.05, 3.63) is 42.9 Å². The average molecular weight is 473 g/mol. The molecule has 2 radical (unpaired) electrons. The summed E-state index contributed by atoms with van der Waals surface area (Å²) in [6, 6.07) is 7.41. The predicted octanol–water partition coefficient (Wildman–Crippen LogP) is -1.12. The molecule has 182 valence electrons. The zero-order valence-electron chi connectivity index (χ0n) is 18.7. The number of hydrogen-bond donors (Lipinski definition) is 7. The van der Waals surface area contributed by atoms with E-state index in [2.05, 4.69) is 21.3 Å². The van der Waals surface area contributed by atoms with Crippen LogP contribution in [0.25, 0.3) is 0 Å². The van der Waals surface area contributed by atoms with E-state index in [4.69, 9.17) is 7.05 Å². The highest BCUT2D eigenvalue weighted by Crippen LogP contribution is 2.11. The van der Waals surface area contributed by atoms with Crippen molar-refractivity contribution in [2.24, 2.45) is 0 Å². The highest BCUT2D eigenvalue weighted by atomic mass is 32.2. The first-order valence-corrected chi connectivity index (χ1v) is 12.6. The molecule has 0 aliphatic heterocycles. The Kier molecular flexibility index (Phi) is 12.3. The summed E-state index contributed by atoms with van der Waals surface area (Å²) >= 11 is 0. The van der Waals surface area contributed by atoms with E-state index in [1.54, 1.807) is 0 Å². The van der Waals surface area contributed by atoms with E-state index >= 15 is 0 Å². The van der Waals surface area contributed by atoms with Crippen LogP contribution in [0.15, 0.2) is 30.3 Å². The molecular formula is C21H36N4O6S. The van der Waals surface area contributed by atoms with Crippen molar-refractivity contribution in [2.45, 2.75) is 63.4 Å². The maximum Gasteiger partial charge on any atom is 0.250 e. The van der Waals surface area contributed by atoms with Crippen LogP contribution in [-0.4, -0.2) is 78.8 Å². The summed E-state index contributed by atoms with van der Waals surface area (Å²) in [7, 11) is 1.91. The van der Waals surface area contributed by atoms with Crippen molar-refractivity contribution in [1.82, 2.24) is 21.3 Å². The minimum atomic E-state index is -3.43. The average Bonchev–Trinajstić information content (AvgIpc) is 2.74. The number of nitrogens with one attached hydrogen (secondary N) is 4. The van der Waals surface area contributed by atoms with Crippen molar-refractivity contribution in [3.63, 3.8) is 0 Å². The molecule has 0 aliphatic rings. The molecule has 0 saturated heterocycles. The molecule has 10 nitrogen and oxygen atoms in total. The third-order valence-corrected chi connectivity index (χ3v) is 5.89. The first-order valence-electron chi connectivity index (χ1n) is 10.5. The van der Waals surface area contributed by atoms with E-state index in [-0.39, 0.29) is 12.6 Å². The monoisotopic (exact) mass is 472 g/mol. The number of benzene rings is 1. The maximum atomic E-state index is 12.4. The molecule has 1 aromatic carbocycles. The molecule has 3 unspecified atom stereocenters. The van der Waals surface area contributed by atoms with Gasteiger partial charge >= 0.3 is 0 Å². The first kappa shape index (κ1) is 28.4. The zero-order valence-corrected chi connectivity index (χ0v) is 19.5. The summed E-state index contributed by atoms with van der Waals surface area (Å²) in [5.74, 6) is -1.17. The van der Waals surface area contributed by atoms with Crippen LogP contribution in [0.1, 0.15) is 38.3 Å². The molecule has 1 aromatic rings. The number of carbonyl (C=O) groups is 1. The fourth-order valence-corrected chi connectivity index (χ4v) is 4.14. The second-order valence-electron chi connectivity index (χ2n) is 7.88. The fraction of sp³-hybridized carbons (Fsp3) is 0.619. The van der Waals surface area contributed by atoms with Gasteiger partial charge in [-0.15, -0.1) is 0 Å². The lowest BCUT2D eigenvalue weighted by molar-refractivity contribution is -0.132. The normalized spacial score (nSPS) is 17.7. The number of aliphatic hydroxyl groups is 3. The van der Waals surface area contributed by atoms with Crippen LogP contribution in [-0.2, 0) is 14.6 Å².